The lowest BCUT2D eigenvalue weighted by atomic mass is 10.1. The Labute approximate surface area is 148 Å². The van der Waals surface area contributed by atoms with Gasteiger partial charge in [-0.3, -0.25) is 0 Å². The minimum absolute atomic E-state index is 0.0165. The summed E-state index contributed by atoms with van der Waals surface area (Å²) in [6.45, 7) is 7.95. The van der Waals surface area contributed by atoms with Crippen LogP contribution in [-0.2, 0) is 4.74 Å². The molecule has 1 aromatic carbocycles. The van der Waals surface area contributed by atoms with Gasteiger partial charge in [-0.15, -0.1) is 0 Å². The van der Waals surface area contributed by atoms with Crippen molar-refractivity contribution in [3.63, 3.8) is 0 Å². The summed E-state index contributed by atoms with van der Waals surface area (Å²) in [6, 6.07) is 8.30. The highest BCUT2D eigenvalue weighted by atomic mass is 16.5. The van der Waals surface area contributed by atoms with Crippen molar-refractivity contribution in [1.82, 2.24) is 19.8 Å². The summed E-state index contributed by atoms with van der Waals surface area (Å²) >= 11 is 0. The van der Waals surface area contributed by atoms with Gasteiger partial charge >= 0.3 is 6.03 Å². The van der Waals surface area contributed by atoms with Crippen LogP contribution in [0.2, 0.25) is 0 Å². The van der Waals surface area contributed by atoms with Crippen molar-refractivity contribution >= 4 is 6.03 Å². The molecule has 1 aliphatic heterocycles. The number of nitrogens with zero attached hydrogens (tertiary/aromatic N) is 3. The average Bonchev–Trinajstić information content (AvgIpc) is 3.07. The van der Waals surface area contributed by atoms with Crippen molar-refractivity contribution in [3.05, 3.63) is 48.0 Å². The van der Waals surface area contributed by atoms with E-state index in [9.17, 15) is 4.79 Å². The predicted molar refractivity (Wildman–Crippen MR) is 96.9 cm³/mol. The summed E-state index contributed by atoms with van der Waals surface area (Å²) in [5.74, 6) is 0.951. The summed E-state index contributed by atoms with van der Waals surface area (Å²) < 4.78 is 7.51. The van der Waals surface area contributed by atoms with Crippen molar-refractivity contribution in [3.8, 4) is 5.69 Å². The lowest BCUT2D eigenvalue weighted by molar-refractivity contribution is 0.0108. The maximum Gasteiger partial charge on any atom is 0.318 e. The van der Waals surface area contributed by atoms with Crippen LogP contribution in [0.4, 0.5) is 4.79 Å². The van der Waals surface area contributed by atoms with E-state index in [1.807, 2.05) is 29.5 Å². The lowest BCUT2D eigenvalue weighted by Crippen LogP contribution is -2.52. The van der Waals surface area contributed by atoms with E-state index in [1.54, 1.807) is 6.20 Å². The second kappa shape index (κ2) is 7.70. The molecule has 0 saturated carbocycles. The first kappa shape index (κ1) is 17.5. The van der Waals surface area contributed by atoms with E-state index in [1.165, 1.54) is 0 Å². The third-order valence-electron chi connectivity index (χ3n) is 4.80. The van der Waals surface area contributed by atoms with Crippen molar-refractivity contribution in [2.75, 3.05) is 19.8 Å². The number of aryl methyl sites for hydroxylation is 1. The summed E-state index contributed by atoms with van der Waals surface area (Å²) in [5, 5.41) is 3.11. The zero-order valence-electron chi connectivity index (χ0n) is 15.1. The van der Waals surface area contributed by atoms with Crippen LogP contribution in [0.25, 0.3) is 5.69 Å². The number of nitrogens with one attached hydrogen (secondary N) is 1. The van der Waals surface area contributed by atoms with Crippen LogP contribution in [0.15, 0.2) is 36.7 Å². The molecule has 0 bridgehead atoms. The van der Waals surface area contributed by atoms with Gasteiger partial charge in [0.25, 0.3) is 0 Å². The number of carbonyl (C=O) groups excluding carboxylic acids is 1. The molecule has 6 nitrogen and oxygen atoms in total. The van der Waals surface area contributed by atoms with Gasteiger partial charge in [0, 0.05) is 24.6 Å². The Morgan fingerprint density at radius 1 is 1.40 bits per heavy atom. The third-order valence-corrected chi connectivity index (χ3v) is 4.80. The Morgan fingerprint density at radius 3 is 2.80 bits per heavy atom. The number of rotatable bonds is 4. The molecule has 134 valence electrons. The monoisotopic (exact) mass is 342 g/mol. The highest BCUT2D eigenvalue weighted by Gasteiger charge is 2.26. The van der Waals surface area contributed by atoms with Gasteiger partial charge in [-0.2, -0.15) is 0 Å². The number of aromatic nitrogens is 2. The van der Waals surface area contributed by atoms with Gasteiger partial charge in [-0.1, -0.05) is 19.1 Å². The topological polar surface area (TPSA) is 59.4 Å². The number of carbonyl (C=O) groups is 1. The third kappa shape index (κ3) is 3.85. The molecule has 25 heavy (non-hydrogen) atoms. The van der Waals surface area contributed by atoms with Crippen molar-refractivity contribution in [2.45, 2.75) is 39.3 Å². The molecular weight excluding hydrogens is 316 g/mol. The number of benzene rings is 1. The van der Waals surface area contributed by atoms with Gasteiger partial charge in [0.1, 0.15) is 5.82 Å². The average molecular weight is 342 g/mol. The first-order valence-corrected chi connectivity index (χ1v) is 8.85. The van der Waals surface area contributed by atoms with Crippen LogP contribution in [0.3, 0.4) is 0 Å². The molecule has 1 N–H and O–H groups in total. The van der Waals surface area contributed by atoms with E-state index in [2.05, 4.69) is 41.5 Å². The summed E-state index contributed by atoms with van der Waals surface area (Å²) in [4.78, 5) is 18.7. The van der Waals surface area contributed by atoms with Crippen LogP contribution < -0.4 is 5.32 Å². The lowest BCUT2D eigenvalue weighted by Gasteiger charge is -2.35. The highest BCUT2D eigenvalue weighted by Crippen LogP contribution is 2.18. The minimum atomic E-state index is -0.0502. The number of amides is 2. The zero-order chi connectivity index (χ0) is 17.8. The fraction of sp³-hybridized carbons (Fsp3) is 0.474. The summed E-state index contributed by atoms with van der Waals surface area (Å²) in [5.41, 5.74) is 2.15. The summed E-state index contributed by atoms with van der Waals surface area (Å²) in [6.07, 6.45) is 4.64. The molecule has 0 aliphatic carbocycles. The van der Waals surface area contributed by atoms with Crippen LogP contribution >= 0.6 is 0 Å². The molecule has 1 saturated heterocycles. The SMILES string of the molecule is CC[C@H]1COCCN1C(=O)N[C@H](C)c1ccc(-n2ccnc2C)cc1. The molecule has 1 aromatic heterocycles. The summed E-state index contributed by atoms with van der Waals surface area (Å²) in [7, 11) is 0. The largest absolute Gasteiger partial charge is 0.377 e. The fourth-order valence-corrected chi connectivity index (χ4v) is 3.19. The van der Waals surface area contributed by atoms with Crippen molar-refractivity contribution in [1.29, 1.82) is 0 Å². The van der Waals surface area contributed by atoms with Gasteiger partial charge in [0.15, 0.2) is 0 Å². The highest BCUT2D eigenvalue weighted by molar-refractivity contribution is 5.75. The first-order valence-electron chi connectivity index (χ1n) is 8.85. The molecule has 2 heterocycles. The number of imidazole rings is 1. The van der Waals surface area contributed by atoms with Crippen LogP contribution in [0.1, 0.15) is 37.7 Å². The number of hydrogen-bond acceptors (Lipinski definition) is 3. The molecular formula is C19H26N4O2. The molecule has 1 aliphatic rings. The van der Waals surface area contributed by atoms with Crippen LogP contribution in [-0.4, -0.2) is 46.3 Å². The predicted octanol–water partition coefficient (Wildman–Crippen LogP) is 3.06. The van der Waals surface area contributed by atoms with Crippen molar-refractivity contribution in [2.24, 2.45) is 0 Å². The minimum Gasteiger partial charge on any atom is -0.377 e. The molecule has 2 atom stereocenters. The Balaban J connectivity index is 1.65. The Morgan fingerprint density at radius 2 is 2.16 bits per heavy atom. The van der Waals surface area contributed by atoms with Gasteiger partial charge in [0.2, 0.25) is 0 Å². The number of urea groups is 1. The Hall–Kier alpha value is -2.34. The number of ether oxygens (including phenoxy) is 1. The van der Waals surface area contributed by atoms with Gasteiger partial charge in [0.05, 0.1) is 25.3 Å². The molecule has 1 fully saturated rings. The molecule has 0 spiro atoms. The second-order valence-corrected chi connectivity index (χ2v) is 6.44. The van der Waals surface area contributed by atoms with Crippen LogP contribution in [0.5, 0.6) is 0 Å². The fourth-order valence-electron chi connectivity index (χ4n) is 3.19. The first-order chi connectivity index (χ1) is 12.1. The number of morpholine rings is 1. The molecule has 6 heteroatoms. The molecule has 2 amide bonds. The maximum absolute atomic E-state index is 12.6. The molecule has 0 unspecified atom stereocenters. The van der Waals surface area contributed by atoms with Gasteiger partial charge in [-0.05, 0) is 38.0 Å². The molecule has 3 rings (SSSR count). The molecule has 0 radical (unpaired) electrons. The van der Waals surface area contributed by atoms with Gasteiger partial charge in [-0.25, -0.2) is 9.78 Å². The van der Waals surface area contributed by atoms with E-state index in [-0.39, 0.29) is 18.1 Å². The normalized spacial score (nSPS) is 18.8. The standard InChI is InChI=1S/C19H26N4O2/c1-4-17-13-25-12-11-23(17)19(24)21-14(2)16-5-7-18(8-6-16)22-10-9-20-15(22)3/h5-10,14,17H,4,11-13H2,1-3H3,(H,21,24)/t14-,17+/m1/s1. The van der Waals surface area contributed by atoms with E-state index in [0.29, 0.717) is 19.8 Å². The zero-order valence-corrected chi connectivity index (χ0v) is 15.1. The van der Waals surface area contributed by atoms with Gasteiger partial charge < -0.3 is 19.5 Å². The number of hydrogen-bond donors (Lipinski definition) is 1. The van der Waals surface area contributed by atoms with E-state index in [0.717, 1.165) is 23.5 Å². The van der Waals surface area contributed by atoms with Crippen molar-refractivity contribution < 1.29 is 9.53 Å². The van der Waals surface area contributed by atoms with Crippen LogP contribution in [0, 0.1) is 6.92 Å². The van der Waals surface area contributed by atoms with E-state index in [4.69, 9.17) is 4.74 Å². The second-order valence-electron chi connectivity index (χ2n) is 6.44. The molecule has 2 aromatic rings. The quantitative estimate of drug-likeness (QED) is 0.929. The van der Waals surface area contributed by atoms with E-state index < -0.39 is 0 Å². The Kier molecular flexibility index (Phi) is 5.38. The Bertz CT molecular complexity index is 710. The smallest absolute Gasteiger partial charge is 0.318 e. The maximum atomic E-state index is 12.6. The van der Waals surface area contributed by atoms with E-state index >= 15 is 0 Å².